The molecular formula is C21H33F. The van der Waals surface area contributed by atoms with E-state index >= 15 is 0 Å². The predicted molar refractivity (Wildman–Crippen MR) is 93.5 cm³/mol. The van der Waals surface area contributed by atoms with Gasteiger partial charge in [-0.1, -0.05) is 83.3 Å². The van der Waals surface area contributed by atoms with Gasteiger partial charge in [0.15, 0.2) is 0 Å². The minimum absolute atomic E-state index is 0.126. The van der Waals surface area contributed by atoms with Crippen molar-refractivity contribution >= 4 is 0 Å². The van der Waals surface area contributed by atoms with Crippen LogP contribution >= 0.6 is 0 Å². The molecule has 1 aromatic rings. The van der Waals surface area contributed by atoms with E-state index in [1.54, 1.807) is 12.1 Å². The Labute approximate surface area is 136 Å². The highest BCUT2D eigenvalue weighted by atomic mass is 19.1. The van der Waals surface area contributed by atoms with E-state index in [-0.39, 0.29) is 5.82 Å². The number of benzene rings is 1. The van der Waals surface area contributed by atoms with Gasteiger partial charge in [-0.05, 0) is 42.4 Å². The minimum atomic E-state index is -0.126. The van der Waals surface area contributed by atoms with Gasteiger partial charge in [-0.3, -0.25) is 0 Å². The van der Waals surface area contributed by atoms with Crippen LogP contribution in [0.1, 0.15) is 83.1 Å². The van der Waals surface area contributed by atoms with E-state index in [9.17, 15) is 4.39 Å². The monoisotopic (exact) mass is 304 g/mol. The Balaban J connectivity index is 1.52. The molecule has 0 unspecified atom stereocenters. The fraction of sp³-hybridized carbons (Fsp3) is 0.714. The molecule has 0 radical (unpaired) electrons. The molecule has 0 spiro atoms. The molecule has 2 rings (SSSR count). The molecule has 1 heteroatoms. The Morgan fingerprint density at radius 1 is 0.818 bits per heavy atom. The normalized spacial score (nSPS) is 21.9. The molecule has 0 heterocycles. The lowest BCUT2D eigenvalue weighted by molar-refractivity contribution is 0.245. The summed E-state index contributed by atoms with van der Waals surface area (Å²) in [5.41, 5.74) is 1.28. The zero-order chi connectivity index (χ0) is 15.6. The fourth-order valence-electron chi connectivity index (χ4n) is 3.91. The molecule has 0 bridgehead atoms. The van der Waals surface area contributed by atoms with Gasteiger partial charge in [0.25, 0.3) is 0 Å². The lowest BCUT2D eigenvalue weighted by atomic mass is 9.78. The van der Waals surface area contributed by atoms with Gasteiger partial charge in [0.1, 0.15) is 5.82 Å². The molecule has 1 aliphatic carbocycles. The zero-order valence-corrected chi connectivity index (χ0v) is 14.3. The number of halogens is 1. The summed E-state index contributed by atoms with van der Waals surface area (Å²) >= 11 is 0. The van der Waals surface area contributed by atoms with Crippen LogP contribution in [0, 0.1) is 17.7 Å². The van der Waals surface area contributed by atoms with Crippen molar-refractivity contribution in [1.82, 2.24) is 0 Å². The third-order valence-corrected chi connectivity index (χ3v) is 5.42. The average Bonchev–Trinajstić information content (AvgIpc) is 2.55. The van der Waals surface area contributed by atoms with Crippen molar-refractivity contribution in [3.63, 3.8) is 0 Å². The Hall–Kier alpha value is -0.850. The summed E-state index contributed by atoms with van der Waals surface area (Å²) in [5.74, 6) is 1.89. The summed E-state index contributed by atoms with van der Waals surface area (Å²) < 4.78 is 12.8. The molecule has 0 atom stereocenters. The lowest BCUT2D eigenvalue weighted by Gasteiger charge is -2.28. The number of unbranched alkanes of at least 4 members (excludes halogenated alkanes) is 3. The van der Waals surface area contributed by atoms with E-state index in [4.69, 9.17) is 0 Å². The second-order valence-electron chi connectivity index (χ2n) is 7.25. The standard InChI is InChI=1S/C21H33F/c1-2-3-4-7-18-10-12-19(13-11-18)8-5-6-9-20-14-16-21(22)17-15-20/h14-19H,2-13H2,1H3/t18-,19-. The number of hydrogen-bond acceptors (Lipinski definition) is 0. The summed E-state index contributed by atoms with van der Waals surface area (Å²) in [6.07, 6.45) is 16.7. The van der Waals surface area contributed by atoms with Gasteiger partial charge in [0.05, 0.1) is 0 Å². The van der Waals surface area contributed by atoms with Gasteiger partial charge < -0.3 is 0 Å². The fourth-order valence-corrected chi connectivity index (χ4v) is 3.91. The molecule has 0 saturated heterocycles. The first-order valence-electron chi connectivity index (χ1n) is 9.52. The number of hydrogen-bond donors (Lipinski definition) is 0. The van der Waals surface area contributed by atoms with Crippen molar-refractivity contribution in [2.24, 2.45) is 11.8 Å². The van der Waals surface area contributed by atoms with Crippen molar-refractivity contribution in [2.75, 3.05) is 0 Å². The third-order valence-electron chi connectivity index (χ3n) is 5.42. The average molecular weight is 304 g/mol. The van der Waals surface area contributed by atoms with Crippen molar-refractivity contribution in [3.05, 3.63) is 35.6 Å². The lowest BCUT2D eigenvalue weighted by Crippen LogP contribution is -2.14. The van der Waals surface area contributed by atoms with Crippen LogP contribution in [0.15, 0.2) is 24.3 Å². The van der Waals surface area contributed by atoms with E-state index in [0.717, 1.165) is 18.3 Å². The van der Waals surface area contributed by atoms with E-state index in [1.807, 2.05) is 12.1 Å². The quantitative estimate of drug-likeness (QED) is 0.434. The van der Waals surface area contributed by atoms with Crippen LogP contribution in [0.2, 0.25) is 0 Å². The van der Waals surface area contributed by atoms with Crippen molar-refractivity contribution < 1.29 is 4.39 Å². The summed E-state index contributed by atoms with van der Waals surface area (Å²) in [4.78, 5) is 0. The van der Waals surface area contributed by atoms with Crippen LogP contribution in [0.5, 0.6) is 0 Å². The molecule has 0 aliphatic heterocycles. The second kappa shape index (κ2) is 10.0. The van der Waals surface area contributed by atoms with Crippen LogP contribution in [0.25, 0.3) is 0 Å². The largest absolute Gasteiger partial charge is 0.207 e. The van der Waals surface area contributed by atoms with Gasteiger partial charge in [-0.25, -0.2) is 4.39 Å². The SMILES string of the molecule is CCCCC[C@H]1CC[C@H](CCCCc2ccc(F)cc2)CC1. The summed E-state index contributed by atoms with van der Waals surface area (Å²) in [6, 6.07) is 7.01. The maximum Gasteiger partial charge on any atom is 0.123 e. The van der Waals surface area contributed by atoms with E-state index < -0.39 is 0 Å². The number of aryl methyl sites for hydroxylation is 1. The molecule has 0 aromatic heterocycles. The molecule has 22 heavy (non-hydrogen) atoms. The van der Waals surface area contributed by atoms with Crippen LogP contribution < -0.4 is 0 Å². The van der Waals surface area contributed by atoms with Gasteiger partial charge in [-0.2, -0.15) is 0 Å². The minimum Gasteiger partial charge on any atom is -0.207 e. The highest BCUT2D eigenvalue weighted by molar-refractivity contribution is 5.15. The molecule has 0 amide bonds. The van der Waals surface area contributed by atoms with Crippen LogP contribution in [0.4, 0.5) is 4.39 Å². The molecule has 0 nitrogen and oxygen atoms in total. The highest BCUT2D eigenvalue weighted by Gasteiger charge is 2.20. The Bertz CT molecular complexity index is 387. The topological polar surface area (TPSA) is 0 Å². The maximum atomic E-state index is 12.8. The van der Waals surface area contributed by atoms with Gasteiger partial charge in [0.2, 0.25) is 0 Å². The summed E-state index contributed by atoms with van der Waals surface area (Å²) in [5, 5.41) is 0. The molecule has 124 valence electrons. The van der Waals surface area contributed by atoms with Crippen molar-refractivity contribution in [2.45, 2.75) is 84.0 Å². The van der Waals surface area contributed by atoms with E-state index in [2.05, 4.69) is 6.92 Å². The summed E-state index contributed by atoms with van der Waals surface area (Å²) in [7, 11) is 0. The first-order chi connectivity index (χ1) is 10.8. The summed E-state index contributed by atoms with van der Waals surface area (Å²) in [6.45, 7) is 2.29. The highest BCUT2D eigenvalue weighted by Crippen LogP contribution is 2.34. The number of rotatable bonds is 9. The zero-order valence-electron chi connectivity index (χ0n) is 14.3. The predicted octanol–water partition coefficient (Wildman–Crippen LogP) is 6.93. The van der Waals surface area contributed by atoms with Gasteiger partial charge >= 0.3 is 0 Å². The Kier molecular flexibility index (Phi) is 7.98. The Morgan fingerprint density at radius 3 is 1.91 bits per heavy atom. The first-order valence-corrected chi connectivity index (χ1v) is 9.52. The van der Waals surface area contributed by atoms with Gasteiger partial charge in [0, 0.05) is 0 Å². The molecular weight excluding hydrogens is 271 g/mol. The third kappa shape index (κ3) is 6.50. The van der Waals surface area contributed by atoms with Gasteiger partial charge in [-0.15, -0.1) is 0 Å². The van der Waals surface area contributed by atoms with Crippen LogP contribution in [-0.4, -0.2) is 0 Å². The molecule has 1 saturated carbocycles. The Morgan fingerprint density at radius 2 is 1.36 bits per heavy atom. The van der Waals surface area contributed by atoms with Crippen LogP contribution in [0.3, 0.4) is 0 Å². The van der Waals surface area contributed by atoms with Crippen molar-refractivity contribution in [3.8, 4) is 0 Å². The smallest absolute Gasteiger partial charge is 0.123 e. The van der Waals surface area contributed by atoms with E-state index in [0.29, 0.717) is 0 Å². The molecule has 1 aromatic carbocycles. The molecule has 1 aliphatic rings. The van der Waals surface area contributed by atoms with E-state index in [1.165, 1.54) is 76.2 Å². The first kappa shape index (κ1) is 17.5. The second-order valence-corrected chi connectivity index (χ2v) is 7.25. The van der Waals surface area contributed by atoms with Crippen molar-refractivity contribution in [1.29, 1.82) is 0 Å². The molecule has 0 N–H and O–H groups in total. The van der Waals surface area contributed by atoms with Crippen LogP contribution in [-0.2, 0) is 6.42 Å². The molecule has 1 fully saturated rings. The maximum absolute atomic E-state index is 12.8.